The predicted octanol–water partition coefficient (Wildman–Crippen LogP) is 4.78. The number of rotatable bonds is 5. The van der Waals surface area contributed by atoms with Crippen molar-refractivity contribution in [1.29, 1.82) is 0 Å². The molecule has 0 aromatic heterocycles. The average molecular weight is 212 g/mol. The fourth-order valence-corrected chi connectivity index (χ4v) is 1.75. The maximum atomic E-state index is 14.7. The predicted molar refractivity (Wildman–Crippen MR) is 66.6 cm³/mol. The van der Waals surface area contributed by atoms with Crippen LogP contribution in [0.1, 0.15) is 41.5 Å². The van der Waals surface area contributed by atoms with Gasteiger partial charge in [-0.2, -0.15) is 0 Å². The molecule has 0 aromatic carbocycles. The van der Waals surface area contributed by atoms with Crippen LogP contribution in [0.3, 0.4) is 0 Å². The first-order chi connectivity index (χ1) is 6.70. The van der Waals surface area contributed by atoms with Crippen molar-refractivity contribution in [2.45, 2.75) is 47.2 Å². The van der Waals surface area contributed by atoms with Crippen molar-refractivity contribution in [3.05, 3.63) is 24.8 Å². The van der Waals surface area contributed by atoms with Crippen LogP contribution in [0, 0.1) is 17.3 Å². The Morgan fingerprint density at radius 1 is 1.20 bits per heavy atom. The number of alkyl halides is 1. The largest absolute Gasteiger partial charge is 0.243 e. The van der Waals surface area contributed by atoms with Gasteiger partial charge in [0.15, 0.2) is 0 Å². The van der Waals surface area contributed by atoms with Crippen molar-refractivity contribution in [2.75, 3.05) is 0 Å². The van der Waals surface area contributed by atoms with E-state index in [4.69, 9.17) is 0 Å². The summed E-state index contributed by atoms with van der Waals surface area (Å²) in [5, 5.41) is 0. The van der Waals surface area contributed by atoms with Crippen molar-refractivity contribution in [3.8, 4) is 0 Å². The van der Waals surface area contributed by atoms with Gasteiger partial charge in [0.05, 0.1) is 0 Å². The van der Waals surface area contributed by atoms with Gasteiger partial charge >= 0.3 is 0 Å². The molecule has 0 heterocycles. The van der Waals surface area contributed by atoms with Crippen LogP contribution in [-0.2, 0) is 0 Å². The summed E-state index contributed by atoms with van der Waals surface area (Å²) in [6.07, 6.45) is 5.76. The third-order valence-corrected chi connectivity index (χ3v) is 3.91. The Bertz CT molecular complexity index is 236. The molecule has 0 N–H and O–H groups in total. The zero-order valence-electron chi connectivity index (χ0n) is 11.0. The second kappa shape index (κ2) is 4.96. The molecular weight excluding hydrogens is 187 g/mol. The molecule has 0 radical (unpaired) electrons. The van der Waals surface area contributed by atoms with Crippen LogP contribution in [0.5, 0.6) is 0 Å². The summed E-state index contributed by atoms with van der Waals surface area (Å²) < 4.78 is 14.7. The third kappa shape index (κ3) is 2.93. The van der Waals surface area contributed by atoms with Gasteiger partial charge in [-0.15, -0.1) is 6.58 Å². The molecule has 0 saturated carbocycles. The van der Waals surface area contributed by atoms with Crippen LogP contribution in [0.25, 0.3) is 0 Å². The normalized spacial score (nSPS) is 21.0. The maximum Gasteiger partial charge on any atom is 0.119 e. The van der Waals surface area contributed by atoms with E-state index in [0.717, 1.165) is 0 Å². The third-order valence-electron chi connectivity index (χ3n) is 3.91. The van der Waals surface area contributed by atoms with E-state index in [1.165, 1.54) is 0 Å². The highest BCUT2D eigenvalue weighted by Crippen LogP contribution is 2.44. The van der Waals surface area contributed by atoms with E-state index in [-0.39, 0.29) is 11.8 Å². The van der Waals surface area contributed by atoms with Crippen molar-refractivity contribution in [2.24, 2.45) is 17.3 Å². The average Bonchev–Trinajstić information content (AvgIpc) is 2.16. The van der Waals surface area contributed by atoms with Crippen molar-refractivity contribution >= 4 is 0 Å². The smallest absolute Gasteiger partial charge is 0.119 e. The summed E-state index contributed by atoms with van der Waals surface area (Å²) in [6, 6.07) is 0. The summed E-state index contributed by atoms with van der Waals surface area (Å²) in [4.78, 5) is 0. The lowest BCUT2D eigenvalue weighted by atomic mass is 9.67. The molecule has 88 valence electrons. The Hall–Kier alpha value is -0.590. The van der Waals surface area contributed by atoms with E-state index in [2.05, 4.69) is 19.6 Å². The standard InChI is InChI=1S/C14H25F/c1-8-10-11(3)12(4)14(7,15)13(5,6)9-2/h8-12H,2H2,1,3-7H3. The molecule has 0 fully saturated rings. The minimum atomic E-state index is -1.24. The van der Waals surface area contributed by atoms with Gasteiger partial charge in [-0.1, -0.05) is 45.9 Å². The number of hydrogen-bond acceptors (Lipinski definition) is 0. The summed E-state index contributed by atoms with van der Waals surface area (Å²) in [7, 11) is 0. The van der Waals surface area contributed by atoms with Gasteiger partial charge in [0.2, 0.25) is 0 Å². The van der Waals surface area contributed by atoms with E-state index >= 15 is 0 Å². The van der Waals surface area contributed by atoms with Gasteiger partial charge in [-0.25, -0.2) is 4.39 Å². The molecule has 0 aliphatic rings. The van der Waals surface area contributed by atoms with Gasteiger partial charge in [-0.3, -0.25) is 0 Å². The Kier molecular flexibility index (Phi) is 4.76. The van der Waals surface area contributed by atoms with E-state index in [9.17, 15) is 4.39 Å². The van der Waals surface area contributed by atoms with Crippen molar-refractivity contribution in [3.63, 3.8) is 0 Å². The minimum absolute atomic E-state index is 0.0262. The fraction of sp³-hybridized carbons (Fsp3) is 0.714. The highest BCUT2D eigenvalue weighted by atomic mass is 19.1. The molecule has 0 nitrogen and oxygen atoms in total. The molecule has 0 aliphatic carbocycles. The van der Waals surface area contributed by atoms with E-state index in [1.807, 2.05) is 33.8 Å². The number of hydrogen-bond donors (Lipinski definition) is 0. The molecule has 1 heteroatoms. The summed E-state index contributed by atoms with van der Waals surface area (Å²) in [5.41, 5.74) is -1.74. The first kappa shape index (κ1) is 14.4. The van der Waals surface area contributed by atoms with Crippen molar-refractivity contribution < 1.29 is 4.39 Å². The molecule has 0 amide bonds. The lowest BCUT2D eigenvalue weighted by molar-refractivity contribution is -0.000125. The van der Waals surface area contributed by atoms with E-state index in [0.29, 0.717) is 0 Å². The SMILES string of the molecule is C=CC(C)(C)C(C)(F)C(C)C(C)C=CC. The lowest BCUT2D eigenvalue weighted by Crippen LogP contribution is -2.44. The summed E-state index contributed by atoms with van der Waals surface area (Å²) in [6.45, 7) is 15.2. The zero-order valence-corrected chi connectivity index (χ0v) is 11.0. The zero-order chi connectivity index (χ0) is 12.3. The highest BCUT2D eigenvalue weighted by molar-refractivity contribution is 5.06. The number of allylic oxidation sites excluding steroid dienone is 3. The van der Waals surface area contributed by atoms with Crippen LogP contribution >= 0.6 is 0 Å². The first-order valence-electron chi connectivity index (χ1n) is 5.66. The van der Waals surface area contributed by atoms with Crippen LogP contribution in [-0.4, -0.2) is 5.67 Å². The topological polar surface area (TPSA) is 0 Å². The maximum absolute atomic E-state index is 14.7. The van der Waals surface area contributed by atoms with Gasteiger partial charge in [-0.05, 0) is 25.7 Å². The quantitative estimate of drug-likeness (QED) is 0.576. The molecule has 3 atom stereocenters. The number of halogens is 1. The molecule has 3 unspecified atom stereocenters. The van der Waals surface area contributed by atoms with E-state index < -0.39 is 11.1 Å². The second-order valence-corrected chi connectivity index (χ2v) is 5.17. The Labute approximate surface area is 94.3 Å². The monoisotopic (exact) mass is 212 g/mol. The fourth-order valence-electron chi connectivity index (χ4n) is 1.75. The molecule has 0 aromatic rings. The summed E-state index contributed by atoms with van der Waals surface area (Å²) in [5.74, 6) is 0.214. The molecule has 15 heavy (non-hydrogen) atoms. The van der Waals surface area contributed by atoms with Crippen LogP contribution in [0.4, 0.5) is 4.39 Å². The molecule has 0 rings (SSSR count). The van der Waals surface area contributed by atoms with Crippen LogP contribution in [0.2, 0.25) is 0 Å². The van der Waals surface area contributed by atoms with Gasteiger partial charge in [0, 0.05) is 5.41 Å². The van der Waals surface area contributed by atoms with Gasteiger partial charge in [0.25, 0.3) is 0 Å². The Morgan fingerprint density at radius 2 is 1.67 bits per heavy atom. The van der Waals surface area contributed by atoms with E-state index in [1.54, 1.807) is 13.0 Å². The molecule has 0 bridgehead atoms. The second-order valence-electron chi connectivity index (χ2n) is 5.17. The van der Waals surface area contributed by atoms with Crippen molar-refractivity contribution in [1.82, 2.24) is 0 Å². The molecule has 0 spiro atoms. The van der Waals surface area contributed by atoms with Gasteiger partial charge < -0.3 is 0 Å². The summed E-state index contributed by atoms with van der Waals surface area (Å²) >= 11 is 0. The minimum Gasteiger partial charge on any atom is -0.243 e. The molecular formula is C14H25F. The van der Waals surface area contributed by atoms with Crippen LogP contribution < -0.4 is 0 Å². The highest BCUT2D eigenvalue weighted by Gasteiger charge is 2.45. The lowest BCUT2D eigenvalue weighted by Gasteiger charge is -2.42. The Balaban J connectivity index is 4.94. The molecule has 0 aliphatic heterocycles. The first-order valence-corrected chi connectivity index (χ1v) is 5.66. The Morgan fingerprint density at radius 3 is 2.00 bits per heavy atom. The molecule has 0 saturated heterocycles. The van der Waals surface area contributed by atoms with Crippen LogP contribution in [0.15, 0.2) is 24.8 Å². The van der Waals surface area contributed by atoms with Gasteiger partial charge in [0.1, 0.15) is 5.67 Å².